The molecule has 1 amide bonds. The van der Waals surface area contributed by atoms with Crippen molar-refractivity contribution in [3.8, 4) is 0 Å². The lowest BCUT2D eigenvalue weighted by molar-refractivity contribution is -0.343. The second-order valence-corrected chi connectivity index (χ2v) is 16.4. The van der Waals surface area contributed by atoms with E-state index in [4.69, 9.17) is 23.7 Å². The first-order valence-electron chi connectivity index (χ1n) is 23.3. The zero-order valence-electron chi connectivity index (χ0n) is 35.7. The van der Waals surface area contributed by atoms with Crippen molar-refractivity contribution >= 4 is 11.9 Å². The molecule has 3 rings (SSSR count). The molecule has 2 aliphatic heterocycles. The second kappa shape index (κ2) is 31.7. The first-order chi connectivity index (χ1) is 27.6. The normalized spacial score (nSPS) is 22.0. The number of carbonyl (C=O) groups is 2. The topological polar surface area (TPSA) is 92.3 Å². The van der Waals surface area contributed by atoms with Gasteiger partial charge in [0, 0.05) is 18.4 Å². The Morgan fingerprint density at radius 1 is 0.679 bits per heavy atom. The molecule has 0 bridgehead atoms. The van der Waals surface area contributed by atoms with Gasteiger partial charge < -0.3 is 29.0 Å². The maximum Gasteiger partial charge on any atom is 0.306 e. The van der Waals surface area contributed by atoms with Crippen LogP contribution in [0, 0.1) is 0 Å². The molecule has 56 heavy (non-hydrogen) atoms. The molecule has 6 atom stereocenters. The molecule has 8 heteroatoms. The van der Waals surface area contributed by atoms with Crippen LogP contribution in [-0.4, -0.2) is 55.7 Å². The van der Waals surface area contributed by atoms with Gasteiger partial charge in [-0.05, 0) is 12.8 Å². The van der Waals surface area contributed by atoms with Crippen LogP contribution in [0.5, 0.6) is 0 Å². The van der Waals surface area contributed by atoms with Gasteiger partial charge in [-0.15, -0.1) is 6.58 Å². The predicted molar refractivity (Wildman–Crippen MR) is 227 cm³/mol. The van der Waals surface area contributed by atoms with Crippen LogP contribution in [0.2, 0.25) is 0 Å². The van der Waals surface area contributed by atoms with E-state index in [1.54, 1.807) is 6.08 Å². The number of ether oxygens (including phenoxy) is 5. The summed E-state index contributed by atoms with van der Waals surface area (Å²) >= 11 is 0. The van der Waals surface area contributed by atoms with Crippen LogP contribution in [-0.2, 0) is 33.3 Å². The smallest absolute Gasteiger partial charge is 0.306 e. The highest BCUT2D eigenvalue weighted by Crippen LogP contribution is 2.36. The minimum absolute atomic E-state index is 0.100. The number of esters is 1. The Balaban J connectivity index is 1.49. The van der Waals surface area contributed by atoms with E-state index < -0.39 is 36.9 Å². The van der Waals surface area contributed by atoms with Gasteiger partial charge in [0.25, 0.3) is 0 Å². The maximum absolute atomic E-state index is 13.5. The van der Waals surface area contributed by atoms with Crippen molar-refractivity contribution < 1.29 is 33.3 Å². The zero-order chi connectivity index (χ0) is 39.9. The van der Waals surface area contributed by atoms with Crippen LogP contribution in [0.25, 0.3) is 0 Å². The Hall–Kier alpha value is -2.26. The fourth-order valence-corrected chi connectivity index (χ4v) is 8.01. The van der Waals surface area contributed by atoms with Crippen molar-refractivity contribution in [1.82, 2.24) is 5.32 Å². The van der Waals surface area contributed by atoms with Gasteiger partial charge in [-0.2, -0.15) is 0 Å². The van der Waals surface area contributed by atoms with E-state index in [1.807, 2.05) is 30.3 Å². The van der Waals surface area contributed by atoms with Gasteiger partial charge in [0.15, 0.2) is 18.7 Å². The molecule has 0 radical (unpaired) electrons. The quantitative estimate of drug-likeness (QED) is 0.0423. The Morgan fingerprint density at radius 2 is 1.16 bits per heavy atom. The van der Waals surface area contributed by atoms with Gasteiger partial charge in [0.2, 0.25) is 5.91 Å². The first-order valence-corrected chi connectivity index (χ1v) is 23.3. The van der Waals surface area contributed by atoms with Crippen molar-refractivity contribution in [3.05, 3.63) is 48.6 Å². The number of hydrogen-bond acceptors (Lipinski definition) is 7. The molecule has 0 saturated carbocycles. The number of amides is 1. The van der Waals surface area contributed by atoms with E-state index in [0.29, 0.717) is 12.8 Å². The summed E-state index contributed by atoms with van der Waals surface area (Å²) in [4.78, 5) is 26.9. The number of benzene rings is 1. The van der Waals surface area contributed by atoms with Crippen molar-refractivity contribution in [2.75, 3.05) is 13.2 Å². The Morgan fingerprint density at radius 3 is 1.66 bits per heavy atom. The monoisotopic (exact) mass is 784 g/mol. The van der Waals surface area contributed by atoms with Crippen LogP contribution < -0.4 is 5.32 Å². The number of carbonyl (C=O) groups excluding carboxylic acids is 2. The molecule has 1 aromatic carbocycles. The minimum atomic E-state index is -0.848. The average Bonchev–Trinajstić information content (AvgIpc) is 3.21. The molecule has 8 nitrogen and oxygen atoms in total. The third-order valence-corrected chi connectivity index (χ3v) is 11.4. The number of unbranched alkanes of at least 4 members (excludes halogenated alkanes) is 24. The van der Waals surface area contributed by atoms with E-state index >= 15 is 0 Å². The summed E-state index contributed by atoms with van der Waals surface area (Å²) in [6.07, 6.45) is 31.3. The van der Waals surface area contributed by atoms with Gasteiger partial charge in [-0.25, -0.2) is 0 Å². The Bertz CT molecular complexity index is 1130. The lowest BCUT2D eigenvalue weighted by Crippen LogP contribution is -2.67. The Kier molecular flexibility index (Phi) is 27.2. The van der Waals surface area contributed by atoms with Crippen LogP contribution in [0.3, 0.4) is 0 Å². The number of fused-ring (bicyclic) bond motifs is 1. The molecule has 0 aromatic heterocycles. The fraction of sp³-hybridized carbons (Fsp3) is 0.792. The van der Waals surface area contributed by atoms with E-state index in [1.165, 1.54) is 128 Å². The van der Waals surface area contributed by atoms with Gasteiger partial charge in [-0.1, -0.05) is 204 Å². The number of nitrogens with one attached hydrogen (secondary N) is 1. The van der Waals surface area contributed by atoms with Gasteiger partial charge in [0.1, 0.15) is 18.2 Å². The van der Waals surface area contributed by atoms with Crippen molar-refractivity contribution in [2.45, 2.75) is 231 Å². The predicted octanol–water partition coefficient (Wildman–Crippen LogP) is 12.4. The van der Waals surface area contributed by atoms with Crippen LogP contribution in [0.15, 0.2) is 43.0 Å². The second-order valence-electron chi connectivity index (χ2n) is 16.4. The van der Waals surface area contributed by atoms with Gasteiger partial charge in [0.05, 0.1) is 13.2 Å². The lowest BCUT2D eigenvalue weighted by Gasteiger charge is -2.48. The molecular weight excluding hydrogens is 703 g/mol. The highest BCUT2D eigenvalue weighted by molar-refractivity contribution is 5.76. The van der Waals surface area contributed by atoms with Crippen LogP contribution >= 0.6 is 0 Å². The third-order valence-electron chi connectivity index (χ3n) is 11.4. The summed E-state index contributed by atoms with van der Waals surface area (Å²) in [5.41, 5.74) is 0.871. The van der Waals surface area contributed by atoms with Crippen molar-refractivity contribution in [1.29, 1.82) is 0 Å². The van der Waals surface area contributed by atoms with Crippen molar-refractivity contribution in [3.63, 3.8) is 0 Å². The maximum atomic E-state index is 13.5. The Labute approximate surface area is 341 Å². The molecule has 1 N–H and O–H groups in total. The molecule has 2 aliphatic rings. The van der Waals surface area contributed by atoms with Crippen LogP contribution in [0.1, 0.15) is 205 Å². The molecule has 320 valence electrons. The largest absolute Gasteiger partial charge is 0.457 e. The minimum Gasteiger partial charge on any atom is -0.457 e. The summed E-state index contributed by atoms with van der Waals surface area (Å²) in [6, 6.07) is 9.00. The van der Waals surface area contributed by atoms with Gasteiger partial charge >= 0.3 is 5.97 Å². The molecule has 2 saturated heterocycles. The van der Waals surface area contributed by atoms with Crippen molar-refractivity contribution in [2.24, 2.45) is 0 Å². The number of rotatable bonds is 34. The van der Waals surface area contributed by atoms with E-state index in [0.717, 1.165) is 44.1 Å². The summed E-state index contributed by atoms with van der Waals surface area (Å²) in [5.74, 6) is -0.389. The lowest BCUT2D eigenvalue weighted by atomic mass is 9.95. The molecule has 0 aliphatic carbocycles. The van der Waals surface area contributed by atoms with Crippen LogP contribution in [0.4, 0.5) is 0 Å². The first kappa shape index (κ1) is 48.1. The standard InChI is InChI=1S/C48H81NO7/c1-4-7-9-11-13-15-17-19-21-23-25-27-32-36-42(50)49-44-46(55-43(51)37-33-28-26-24-22-20-18-16-14-12-10-8-5-2)45-41(54-48(44)52-38-6-3)39-53-47(56-45)40-34-30-29-31-35-40/h6,29-31,34-35,41,44-48H,3-5,7-28,32-33,36-39H2,1-2H3,(H,49,50)/t41-,44-,45-,46-,47?,48-/m1/s1. The molecule has 2 heterocycles. The SMILES string of the molecule is C=CCO[C@@H]1O[C@@H]2COC(c3ccccc3)O[C@H]2[C@H](OC(=O)CCCCCCCCCCCCCCC)[C@H]1NC(=O)CCCCCCCCCCCCCCC. The molecule has 2 fully saturated rings. The summed E-state index contributed by atoms with van der Waals surface area (Å²) in [7, 11) is 0. The fourth-order valence-electron chi connectivity index (χ4n) is 8.01. The summed E-state index contributed by atoms with van der Waals surface area (Å²) in [6.45, 7) is 8.80. The zero-order valence-corrected chi connectivity index (χ0v) is 35.7. The average molecular weight is 784 g/mol. The van der Waals surface area contributed by atoms with Gasteiger partial charge in [-0.3, -0.25) is 9.59 Å². The summed E-state index contributed by atoms with van der Waals surface area (Å²) < 4.78 is 31.3. The summed E-state index contributed by atoms with van der Waals surface area (Å²) in [5, 5.41) is 3.16. The molecule has 1 unspecified atom stereocenters. The number of hydrogen-bond donors (Lipinski definition) is 1. The molecular formula is C48H81NO7. The highest BCUT2D eigenvalue weighted by atomic mass is 16.8. The van der Waals surface area contributed by atoms with E-state index in [2.05, 4.69) is 25.7 Å². The molecule has 1 aromatic rings. The van der Waals surface area contributed by atoms with E-state index in [-0.39, 0.29) is 25.1 Å². The van der Waals surface area contributed by atoms with E-state index in [9.17, 15) is 9.59 Å². The third kappa shape index (κ3) is 20.4. The molecule has 0 spiro atoms. The highest BCUT2D eigenvalue weighted by Gasteiger charge is 2.52.